The molecule has 0 spiro atoms. The molecule has 2 heterocycles. The maximum absolute atomic E-state index is 12.1. The third kappa shape index (κ3) is 3.86. The van der Waals surface area contributed by atoms with E-state index in [2.05, 4.69) is 0 Å². The molecule has 19 heavy (non-hydrogen) atoms. The molecule has 1 fully saturated rings. The molecule has 0 saturated carbocycles. The van der Waals surface area contributed by atoms with Crippen molar-refractivity contribution in [3.05, 3.63) is 21.9 Å². The first-order chi connectivity index (χ1) is 9.06. The molecule has 1 atom stereocenters. The van der Waals surface area contributed by atoms with Crippen molar-refractivity contribution in [2.24, 2.45) is 0 Å². The maximum Gasteiger partial charge on any atom is 0.227 e. The Morgan fingerprint density at radius 2 is 2.37 bits per heavy atom. The van der Waals surface area contributed by atoms with Crippen LogP contribution < -0.4 is 0 Å². The number of ether oxygens (including phenoxy) is 1. The van der Waals surface area contributed by atoms with Crippen molar-refractivity contribution in [2.45, 2.75) is 19.4 Å². The molecule has 6 heteroatoms. The molecule has 0 radical (unpaired) electrons. The third-order valence-electron chi connectivity index (χ3n) is 2.96. The quantitative estimate of drug-likeness (QED) is 0.830. The van der Waals surface area contributed by atoms with Crippen molar-refractivity contribution >= 4 is 23.0 Å². The largest absolute Gasteiger partial charge is 0.389 e. The van der Waals surface area contributed by atoms with E-state index in [1.165, 1.54) is 18.3 Å². The van der Waals surface area contributed by atoms with Gasteiger partial charge in [-0.05, 0) is 23.9 Å². The second kappa shape index (κ2) is 6.27. The summed E-state index contributed by atoms with van der Waals surface area (Å²) in [6.07, 6.45) is -0.363. The van der Waals surface area contributed by atoms with E-state index >= 15 is 0 Å². The third-order valence-corrected chi connectivity index (χ3v) is 4.04. The van der Waals surface area contributed by atoms with Gasteiger partial charge in [0.2, 0.25) is 5.91 Å². The summed E-state index contributed by atoms with van der Waals surface area (Å²) < 4.78 is 5.19. The molecule has 0 bridgehead atoms. The summed E-state index contributed by atoms with van der Waals surface area (Å²) in [7, 11) is 0. The summed E-state index contributed by atoms with van der Waals surface area (Å²) in [5, 5.41) is 11.4. The van der Waals surface area contributed by atoms with E-state index in [9.17, 15) is 14.7 Å². The number of hydrogen-bond acceptors (Lipinski definition) is 5. The highest BCUT2D eigenvalue weighted by atomic mass is 32.1. The Morgan fingerprint density at radius 1 is 1.58 bits per heavy atom. The number of amides is 1. The van der Waals surface area contributed by atoms with Crippen molar-refractivity contribution in [1.29, 1.82) is 0 Å². The zero-order valence-electron chi connectivity index (χ0n) is 10.8. The minimum Gasteiger partial charge on any atom is -0.389 e. The average molecular weight is 283 g/mol. The lowest BCUT2D eigenvalue weighted by molar-refractivity contribution is -0.131. The molecule has 0 aliphatic carbocycles. The van der Waals surface area contributed by atoms with Gasteiger partial charge in [0.05, 0.1) is 30.6 Å². The van der Waals surface area contributed by atoms with Crippen molar-refractivity contribution in [3.63, 3.8) is 0 Å². The number of aliphatic hydroxyl groups excluding tert-OH is 1. The van der Waals surface area contributed by atoms with E-state index in [-0.39, 0.29) is 24.7 Å². The van der Waals surface area contributed by atoms with Crippen molar-refractivity contribution < 1.29 is 19.4 Å². The van der Waals surface area contributed by atoms with Gasteiger partial charge >= 0.3 is 0 Å². The van der Waals surface area contributed by atoms with E-state index in [1.54, 1.807) is 11.0 Å². The Bertz CT molecular complexity index is 471. The molecule has 1 aromatic heterocycles. The Kier molecular flexibility index (Phi) is 4.68. The summed E-state index contributed by atoms with van der Waals surface area (Å²) in [6.45, 7) is 3.05. The molecular formula is C13H17NO4S. The van der Waals surface area contributed by atoms with Crippen molar-refractivity contribution in [2.75, 3.05) is 26.3 Å². The summed E-state index contributed by atoms with van der Waals surface area (Å²) in [5.41, 5.74) is 0.847. The minimum atomic E-state index is -0.623. The number of thiophene rings is 1. The van der Waals surface area contributed by atoms with E-state index in [4.69, 9.17) is 4.74 Å². The Labute approximate surface area is 115 Å². The molecule has 1 amide bonds. The number of Topliss-reactive ketones (excluding diaryl/α,β-unsaturated/α-hetero) is 1. The molecule has 104 valence electrons. The van der Waals surface area contributed by atoms with Crippen LogP contribution in [0.5, 0.6) is 0 Å². The first-order valence-electron chi connectivity index (χ1n) is 6.18. The molecule has 1 aliphatic rings. The van der Waals surface area contributed by atoms with E-state index in [1.807, 2.05) is 5.38 Å². The van der Waals surface area contributed by atoms with E-state index in [0.29, 0.717) is 24.6 Å². The predicted octanol–water partition coefficient (Wildman–Crippen LogP) is 0.713. The van der Waals surface area contributed by atoms with Gasteiger partial charge in [0.1, 0.15) is 0 Å². The van der Waals surface area contributed by atoms with Crippen LogP contribution in [-0.2, 0) is 16.0 Å². The number of hydrogen-bond donors (Lipinski definition) is 1. The summed E-state index contributed by atoms with van der Waals surface area (Å²) in [5.74, 6) is -0.0280. The van der Waals surface area contributed by atoms with E-state index in [0.717, 1.165) is 5.56 Å². The van der Waals surface area contributed by atoms with E-state index < -0.39 is 6.10 Å². The van der Waals surface area contributed by atoms with Crippen LogP contribution in [0, 0.1) is 0 Å². The molecule has 5 nitrogen and oxygen atoms in total. The molecule has 2 rings (SSSR count). The van der Waals surface area contributed by atoms with Crippen molar-refractivity contribution in [3.8, 4) is 0 Å². The lowest BCUT2D eigenvalue weighted by atomic mass is 10.2. The topological polar surface area (TPSA) is 66.8 Å². The standard InChI is InChI=1S/C13H17NO4S/c1-9(15)12-4-10(8-19-12)5-13(17)14-2-3-18-7-11(16)6-14/h4,8,11,16H,2-3,5-7H2,1H3/t11-/m1/s1. The summed E-state index contributed by atoms with van der Waals surface area (Å²) in [6, 6.07) is 1.76. The Hall–Kier alpha value is -1.24. The van der Waals surface area contributed by atoms with Gasteiger partial charge in [-0.15, -0.1) is 11.3 Å². The second-order valence-corrected chi connectivity index (χ2v) is 5.53. The zero-order valence-corrected chi connectivity index (χ0v) is 11.6. The number of carbonyl (C=O) groups is 2. The number of carbonyl (C=O) groups excluding carboxylic acids is 2. The molecule has 1 aromatic rings. The molecule has 0 unspecified atom stereocenters. The molecular weight excluding hydrogens is 266 g/mol. The van der Waals surface area contributed by atoms with Crippen LogP contribution in [-0.4, -0.2) is 54.1 Å². The van der Waals surface area contributed by atoms with Crippen LogP contribution in [0.25, 0.3) is 0 Å². The summed E-state index contributed by atoms with van der Waals surface area (Å²) >= 11 is 1.36. The molecule has 1 saturated heterocycles. The highest BCUT2D eigenvalue weighted by molar-refractivity contribution is 7.12. The molecule has 1 N–H and O–H groups in total. The number of aliphatic hydroxyl groups is 1. The van der Waals surface area contributed by atoms with Crippen LogP contribution in [0.15, 0.2) is 11.4 Å². The fourth-order valence-electron chi connectivity index (χ4n) is 1.96. The average Bonchev–Trinajstić information content (AvgIpc) is 2.71. The summed E-state index contributed by atoms with van der Waals surface area (Å²) in [4.78, 5) is 25.6. The number of nitrogens with zero attached hydrogens (tertiary/aromatic N) is 1. The number of ketones is 1. The highest BCUT2D eigenvalue weighted by Gasteiger charge is 2.21. The van der Waals surface area contributed by atoms with Gasteiger partial charge in [0.25, 0.3) is 0 Å². The van der Waals surface area contributed by atoms with Gasteiger partial charge in [-0.1, -0.05) is 0 Å². The highest BCUT2D eigenvalue weighted by Crippen LogP contribution is 2.16. The van der Waals surface area contributed by atoms with Crippen LogP contribution in [0.2, 0.25) is 0 Å². The SMILES string of the molecule is CC(=O)c1cc(CC(=O)N2CCOC[C@H](O)C2)cs1. The molecule has 1 aliphatic heterocycles. The van der Waals surface area contributed by atoms with Gasteiger partial charge in [0, 0.05) is 13.1 Å². The number of β-amino-alcohol motifs (C(OH)–C–C–N with tert-alkyl or cyclic N) is 1. The lowest BCUT2D eigenvalue weighted by Crippen LogP contribution is -2.38. The van der Waals surface area contributed by atoms with Gasteiger partial charge in [-0.3, -0.25) is 9.59 Å². The Morgan fingerprint density at radius 3 is 3.05 bits per heavy atom. The van der Waals surface area contributed by atoms with Gasteiger partial charge < -0.3 is 14.7 Å². The Balaban J connectivity index is 1.97. The van der Waals surface area contributed by atoms with Gasteiger partial charge in [0.15, 0.2) is 5.78 Å². The van der Waals surface area contributed by atoms with Crippen LogP contribution in [0.1, 0.15) is 22.2 Å². The van der Waals surface area contributed by atoms with Crippen molar-refractivity contribution in [1.82, 2.24) is 4.90 Å². The lowest BCUT2D eigenvalue weighted by Gasteiger charge is -2.21. The predicted molar refractivity (Wildman–Crippen MR) is 71.4 cm³/mol. The number of rotatable bonds is 3. The first kappa shape index (κ1) is 14.2. The van der Waals surface area contributed by atoms with Crippen LogP contribution in [0.3, 0.4) is 0 Å². The van der Waals surface area contributed by atoms with Gasteiger partial charge in [-0.25, -0.2) is 0 Å². The van der Waals surface area contributed by atoms with Crippen LogP contribution in [0.4, 0.5) is 0 Å². The molecule has 0 aromatic carbocycles. The monoisotopic (exact) mass is 283 g/mol. The maximum atomic E-state index is 12.1. The first-order valence-corrected chi connectivity index (χ1v) is 7.06. The normalized spacial score (nSPS) is 20.1. The second-order valence-electron chi connectivity index (χ2n) is 4.62. The fraction of sp³-hybridized carbons (Fsp3) is 0.538. The fourth-order valence-corrected chi connectivity index (χ4v) is 2.77. The zero-order chi connectivity index (χ0) is 13.8. The van der Waals surface area contributed by atoms with Gasteiger partial charge in [-0.2, -0.15) is 0 Å². The minimum absolute atomic E-state index is 0.0160. The van der Waals surface area contributed by atoms with Crippen LogP contribution >= 0.6 is 11.3 Å². The smallest absolute Gasteiger partial charge is 0.227 e.